The van der Waals surface area contributed by atoms with Crippen molar-refractivity contribution in [1.82, 2.24) is 5.32 Å². The molecule has 1 aromatic rings. The van der Waals surface area contributed by atoms with Gasteiger partial charge in [0.05, 0.1) is 20.9 Å². The fourth-order valence-electron chi connectivity index (χ4n) is 2.35. The molecule has 0 aliphatic carbocycles. The van der Waals surface area contributed by atoms with Crippen LogP contribution in [-0.4, -0.2) is 22.0 Å². The molecule has 2 nitrogen and oxygen atoms in total. The van der Waals surface area contributed by atoms with Gasteiger partial charge in [0, 0.05) is 6.04 Å². The van der Waals surface area contributed by atoms with Crippen molar-refractivity contribution in [1.29, 1.82) is 0 Å². The third-order valence-electron chi connectivity index (χ3n) is 3.25. The van der Waals surface area contributed by atoms with Crippen LogP contribution in [0.4, 0.5) is 4.39 Å². The van der Waals surface area contributed by atoms with Gasteiger partial charge in [-0.2, -0.15) is 0 Å². The lowest BCUT2D eigenvalue weighted by molar-refractivity contribution is 0.457. The van der Waals surface area contributed by atoms with Gasteiger partial charge in [0.2, 0.25) is 0 Å². The third kappa shape index (κ3) is 4.39. The highest BCUT2D eigenvalue weighted by atomic mass is 32.2. The predicted octanol–water partition coefficient (Wildman–Crippen LogP) is 3.49. The molecule has 3 unspecified atom stereocenters. The predicted molar refractivity (Wildman–Crippen MR) is 79.3 cm³/mol. The molecule has 0 spiro atoms. The van der Waals surface area contributed by atoms with Gasteiger partial charge < -0.3 is 5.32 Å². The molecule has 0 heterocycles. The summed E-state index contributed by atoms with van der Waals surface area (Å²) in [7, 11) is -1.30. The minimum atomic E-state index is -1.30. The lowest BCUT2D eigenvalue weighted by Gasteiger charge is -2.26. The smallest absolute Gasteiger partial charge is 0.139 e. The Morgan fingerprint density at radius 2 is 1.95 bits per heavy atom. The van der Waals surface area contributed by atoms with Crippen LogP contribution < -0.4 is 5.32 Å². The Hall–Kier alpha value is -0.740. The van der Waals surface area contributed by atoms with E-state index in [2.05, 4.69) is 12.2 Å². The summed E-state index contributed by atoms with van der Waals surface area (Å²) >= 11 is 0. The first-order chi connectivity index (χ1) is 9.15. The normalized spacial score (nSPS) is 16.0. The van der Waals surface area contributed by atoms with Gasteiger partial charge in [-0.15, -0.1) is 0 Å². The minimum Gasteiger partial charge on any atom is -0.313 e. The number of rotatable bonds is 8. The van der Waals surface area contributed by atoms with Gasteiger partial charge in [0.1, 0.15) is 5.82 Å². The highest BCUT2D eigenvalue weighted by Gasteiger charge is 2.26. The first-order valence-electron chi connectivity index (χ1n) is 7.04. The van der Waals surface area contributed by atoms with Crippen LogP contribution in [0.2, 0.25) is 0 Å². The molecule has 3 atom stereocenters. The minimum absolute atomic E-state index is 0.0446. The van der Waals surface area contributed by atoms with E-state index in [1.807, 2.05) is 13.8 Å². The second-order valence-corrected chi connectivity index (χ2v) is 6.27. The summed E-state index contributed by atoms with van der Waals surface area (Å²) in [6.45, 7) is 7.02. The maximum absolute atomic E-state index is 13.8. The van der Waals surface area contributed by atoms with E-state index in [0.29, 0.717) is 4.90 Å². The molecule has 1 rings (SSSR count). The number of halogens is 1. The monoisotopic (exact) mass is 285 g/mol. The second-order valence-electron chi connectivity index (χ2n) is 4.63. The SMILES string of the molecule is CCCC(NCC)C(CC)S(=O)c1ccccc1F. The zero-order chi connectivity index (χ0) is 14.3. The van der Waals surface area contributed by atoms with E-state index in [1.54, 1.807) is 18.2 Å². The van der Waals surface area contributed by atoms with Crippen LogP contribution in [-0.2, 0) is 10.8 Å². The van der Waals surface area contributed by atoms with Crippen molar-refractivity contribution in [2.24, 2.45) is 0 Å². The zero-order valence-electron chi connectivity index (χ0n) is 12.0. The van der Waals surface area contributed by atoms with Crippen LogP contribution in [0.3, 0.4) is 0 Å². The van der Waals surface area contributed by atoms with Crippen molar-refractivity contribution in [3.8, 4) is 0 Å². The summed E-state index contributed by atoms with van der Waals surface area (Å²) in [5.41, 5.74) is 0. The van der Waals surface area contributed by atoms with Crippen LogP contribution in [0.15, 0.2) is 29.2 Å². The van der Waals surface area contributed by atoms with Gasteiger partial charge >= 0.3 is 0 Å². The number of nitrogens with one attached hydrogen (secondary N) is 1. The van der Waals surface area contributed by atoms with Gasteiger partial charge in [0.25, 0.3) is 0 Å². The van der Waals surface area contributed by atoms with Crippen molar-refractivity contribution < 1.29 is 8.60 Å². The largest absolute Gasteiger partial charge is 0.313 e. The average molecular weight is 285 g/mol. The number of benzene rings is 1. The Balaban J connectivity index is 2.94. The highest BCUT2D eigenvalue weighted by molar-refractivity contribution is 7.85. The first-order valence-corrected chi connectivity index (χ1v) is 8.25. The molecular formula is C15H24FNOS. The molecule has 0 bridgehead atoms. The molecule has 0 radical (unpaired) electrons. The van der Waals surface area contributed by atoms with Crippen LogP contribution in [0, 0.1) is 5.82 Å². The Bertz CT molecular complexity index is 405. The summed E-state index contributed by atoms with van der Waals surface area (Å²) in [5, 5.41) is 3.34. The van der Waals surface area contributed by atoms with E-state index in [4.69, 9.17) is 0 Å². The van der Waals surface area contributed by atoms with Crippen molar-refractivity contribution in [2.75, 3.05) is 6.54 Å². The van der Waals surface area contributed by atoms with Crippen LogP contribution in [0.5, 0.6) is 0 Å². The van der Waals surface area contributed by atoms with Crippen molar-refractivity contribution in [3.05, 3.63) is 30.1 Å². The average Bonchev–Trinajstić information content (AvgIpc) is 2.40. The Kier molecular flexibility index (Phi) is 7.24. The summed E-state index contributed by atoms with van der Waals surface area (Å²) in [6.07, 6.45) is 2.77. The van der Waals surface area contributed by atoms with Gasteiger partial charge in [-0.3, -0.25) is 4.21 Å². The van der Waals surface area contributed by atoms with Gasteiger partial charge in [-0.1, -0.05) is 39.3 Å². The van der Waals surface area contributed by atoms with E-state index in [9.17, 15) is 8.60 Å². The van der Waals surface area contributed by atoms with Gasteiger partial charge in [0.15, 0.2) is 0 Å². The number of hydrogen-bond acceptors (Lipinski definition) is 2. The Morgan fingerprint density at radius 1 is 1.26 bits per heavy atom. The second kappa shape index (κ2) is 8.43. The molecule has 1 aromatic carbocycles. The lowest BCUT2D eigenvalue weighted by Crippen LogP contribution is -2.42. The first kappa shape index (κ1) is 16.3. The Morgan fingerprint density at radius 3 is 2.47 bits per heavy atom. The topological polar surface area (TPSA) is 29.1 Å². The van der Waals surface area contributed by atoms with Crippen LogP contribution in [0.1, 0.15) is 40.0 Å². The van der Waals surface area contributed by atoms with E-state index < -0.39 is 10.8 Å². The molecule has 0 saturated heterocycles. The number of hydrogen-bond donors (Lipinski definition) is 1. The van der Waals surface area contributed by atoms with Gasteiger partial charge in [-0.25, -0.2) is 4.39 Å². The molecule has 19 heavy (non-hydrogen) atoms. The van der Waals surface area contributed by atoms with E-state index in [1.165, 1.54) is 6.07 Å². The molecule has 108 valence electrons. The van der Waals surface area contributed by atoms with Crippen LogP contribution >= 0.6 is 0 Å². The van der Waals surface area contributed by atoms with Crippen LogP contribution in [0.25, 0.3) is 0 Å². The molecule has 0 fully saturated rings. The van der Waals surface area contributed by atoms with E-state index >= 15 is 0 Å². The van der Waals surface area contributed by atoms with Gasteiger partial charge in [-0.05, 0) is 31.5 Å². The molecular weight excluding hydrogens is 261 g/mol. The van der Waals surface area contributed by atoms with Crippen molar-refractivity contribution in [2.45, 2.75) is 56.2 Å². The lowest BCUT2D eigenvalue weighted by atomic mass is 10.1. The van der Waals surface area contributed by atoms with E-state index in [0.717, 1.165) is 25.8 Å². The molecule has 4 heteroatoms. The molecule has 0 aliphatic heterocycles. The summed E-state index contributed by atoms with van der Waals surface area (Å²) in [4.78, 5) is 0.327. The summed E-state index contributed by atoms with van der Waals surface area (Å²) < 4.78 is 26.4. The summed E-state index contributed by atoms with van der Waals surface area (Å²) in [5.74, 6) is -0.369. The standard InChI is InChI=1S/C15H24FNOS/c1-4-9-13(17-6-3)14(5-2)19(18)15-11-8-7-10-12(15)16/h7-8,10-11,13-14,17H,4-6,9H2,1-3H3. The molecule has 0 aliphatic rings. The maximum atomic E-state index is 13.8. The maximum Gasteiger partial charge on any atom is 0.139 e. The van der Waals surface area contributed by atoms with Crippen molar-refractivity contribution >= 4 is 10.8 Å². The van der Waals surface area contributed by atoms with E-state index in [-0.39, 0.29) is 17.1 Å². The molecule has 0 amide bonds. The fourth-order valence-corrected chi connectivity index (χ4v) is 3.98. The Labute approximate surface area is 118 Å². The fraction of sp³-hybridized carbons (Fsp3) is 0.600. The van der Waals surface area contributed by atoms with Crippen molar-refractivity contribution in [3.63, 3.8) is 0 Å². The summed E-state index contributed by atoms with van der Waals surface area (Å²) in [6, 6.07) is 6.56. The third-order valence-corrected chi connectivity index (χ3v) is 5.22. The highest BCUT2D eigenvalue weighted by Crippen LogP contribution is 2.21. The quantitative estimate of drug-likeness (QED) is 0.792. The molecule has 1 N–H and O–H groups in total. The molecule has 0 aromatic heterocycles. The molecule has 0 saturated carbocycles. The zero-order valence-corrected chi connectivity index (χ0v) is 12.8.